The van der Waals surface area contributed by atoms with Crippen LogP contribution in [0.3, 0.4) is 0 Å². The van der Waals surface area contributed by atoms with Gasteiger partial charge in [0.1, 0.15) is 12.0 Å². The standard InChI is InChI=1S/C12H13NO4/c1-16-11(14)9-7-5-3-4-6-8(7)13-10(9)12(15)17-2/h3-6,9-10,13H,1-2H3/t9-,10-/m1/s1. The number of ether oxygens (including phenoxy) is 2. The minimum Gasteiger partial charge on any atom is -0.468 e. The average Bonchev–Trinajstić information content (AvgIpc) is 2.76. The molecule has 1 heterocycles. The van der Waals surface area contributed by atoms with Gasteiger partial charge < -0.3 is 14.8 Å². The molecule has 2 atom stereocenters. The molecule has 2 rings (SSSR count). The number of para-hydroxylation sites is 1. The van der Waals surface area contributed by atoms with Gasteiger partial charge in [-0.05, 0) is 11.6 Å². The molecule has 0 spiro atoms. The van der Waals surface area contributed by atoms with Crippen LogP contribution in [0.2, 0.25) is 0 Å². The summed E-state index contributed by atoms with van der Waals surface area (Å²) in [7, 11) is 2.60. The maximum atomic E-state index is 11.7. The Balaban J connectivity index is 2.40. The summed E-state index contributed by atoms with van der Waals surface area (Å²) in [5.41, 5.74) is 1.52. The molecular formula is C12H13NO4. The highest BCUT2D eigenvalue weighted by molar-refractivity contribution is 5.95. The monoisotopic (exact) mass is 235 g/mol. The summed E-state index contributed by atoms with van der Waals surface area (Å²) in [5.74, 6) is -1.57. The van der Waals surface area contributed by atoms with Crippen molar-refractivity contribution in [1.82, 2.24) is 0 Å². The zero-order valence-electron chi connectivity index (χ0n) is 9.60. The molecule has 5 nitrogen and oxygen atoms in total. The van der Waals surface area contributed by atoms with E-state index in [1.54, 1.807) is 6.07 Å². The van der Waals surface area contributed by atoms with Crippen LogP contribution < -0.4 is 5.32 Å². The lowest BCUT2D eigenvalue weighted by Gasteiger charge is -2.15. The molecule has 0 fully saturated rings. The Labute approximate surface area is 98.7 Å². The smallest absolute Gasteiger partial charge is 0.329 e. The highest BCUT2D eigenvalue weighted by atomic mass is 16.5. The van der Waals surface area contributed by atoms with Crippen LogP contribution >= 0.6 is 0 Å². The number of fused-ring (bicyclic) bond motifs is 1. The third kappa shape index (κ3) is 1.84. The second-order valence-corrected chi connectivity index (χ2v) is 3.73. The van der Waals surface area contributed by atoms with E-state index in [1.165, 1.54) is 14.2 Å². The summed E-state index contributed by atoms with van der Waals surface area (Å²) in [6, 6.07) is 6.54. The maximum absolute atomic E-state index is 11.7. The first-order valence-electron chi connectivity index (χ1n) is 5.20. The molecule has 1 aromatic carbocycles. The molecule has 0 bridgehead atoms. The van der Waals surface area contributed by atoms with Gasteiger partial charge >= 0.3 is 11.9 Å². The molecule has 0 saturated heterocycles. The number of rotatable bonds is 2. The topological polar surface area (TPSA) is 64.6 Å². The number of esters is 2. The fourth-order valence-corrected chi connectivity index (χ4v) is 2.04. The Morgan fingerprint density at radius 2 is 1.76 bits per heavy atom. The van der Waals surface area contributed by atoms with Crippen LogP contribution in [0.25, 0.3) is 0 Å². The molecule has 0 radical (unpaired) electrons. The minimum absolute atomic E-state index is 0.446. The summed E-state index contributed by atoms with van der Waals surface area (Å²) < 4.78 is 9.41. The second kappa shape index (κ2) is 4.45. The van der Waals surface area contributed by atoms with Crippen LogP contribution in [0.5, 0.6) is 0 Å². The molecule has 5 heteroatoms. The van der Waals surface area contributed by atoms with Crippen LogP contribution in [0.4, 0.5) is 5.69 Å². The molecule has 1 aromatic rings. The van der Waals surface area contributed by atoms with Crippen molar-refractivity contribution in [2.24, 2.45) is 0 Å². The largest absolute Gasteiger partial charge is 0.468 e. The lowest BCUT2D eigenvalue weighted by atomic mass is 9.95. The highest BCUT2D eigenvalue weighted by Gasteiger charge is 2.42. The van der Waals surface area contributed by atoms with E-state index in [-0.39, 0.29) is 0 Å². The van der Waals surface area contributed by atoms with Crippen molar-refractivity contribution >= 4 is 17.6 Å². The molecule has 0 aromatic heterocycles. The lowest BCUT2D eigenvalue weighted by molar-refractivity contribution is -0.149. The van der Waals surface area contributed by atoms with Gasteiger partial charge in [0.15, 0.2) is 0 Å². The number of hydrogen-bond donors (Lipinski definition) is 1. The number of carbonyl (C=O) groups is 2. The molecule has 0 saturated carbocycles. The van der Waals surface area contributed by atoms with Gasteiger partial charge in [0.05, 0.1) is 14.2 Å². The van der Waals surface area contributed by atoms with E-state index in [0.29, 0.717) is 0 Å². The maximum Gasteiger partial charge on any atom is 0.329 e. The predicted molar refractivity (Wildman–Crippen MR) is 60.6 cm³/mol. The van der Waals surface area contributed by atoms with Crippen LogP contribution in [0.1, 0.15) is 11.5 Å². The van der Waals surface area contributed by atoms with Crippen molar-refractivity contribution in [3.8, 4) is 0 Å². The van der Waals surface area contributed by atoms with Gasteiger partial charge in [-0.3, -0.25) is 4.79 Å². The van der Waals surface area contributed by atoms with Gasteiger partial charge in [0, 0.05) is 5.69 Å². The van der Waals surface area contributed by atoms with Gasteiger partial charge in [0.2, 0.25) is 0 Å². The second-order valence-electron chi connectivity index (χ2n) is 3.73. The van der Waals surface area contributed by atoms with Crippen LogP contribution in [-0.2, 0) is 19.1 Å². The van der Waals surface area contributed by atoms with Gasteiger partial charge in [-0.25, -0.2) is 4.79 Å². The Kier molecular flexibility index (Phi) is 2.99. The van der Waals surface area contributed by atoms with Crippen LogP contribution in [0, 0.1) is 0 Å². The van der Waals surface area contributed by atoms with Gasteiger partial charge in [0.25, 0.3) is 0 Å². The molecule has 0 aliphatic carbocycles. The van der Waals surface area contributed by atoms with Crippen molar-refractivity contribution in [1.29, 1.82) is 0 Å². The zero-order chi connectivity index (χ0) is 12.4. The van der Waals surface area contributed by atoms with Crippen LogP contribution in [0.15, 0.2) is 24.3 Å². The molecule has 0 unspecified atom stereocenters. The van der Waals surface area contributed by atoms with Crippen molar-refractivity contribution in [2.75, 3.05) is 19.5 Å². The average molecular weight is 235 g/mol. The number of hydrogen-bond acceptors (Lipinski definition) is 5. The fraction of sp³-hybridized carbons (Fsp3) is 0.333. The SMILES string of the molecule is COC(=O)[C@@H]1c2ccccc2N[C@H]1C(=O)OC. The van der Waals surface area contributed by atoms with E-state index >= 15 is 0 Å². The van der Waals surface area contributed by atoms with Crippen molar-refractivity contribution < 1.29 is 19.1 Å². The Morgan fingerprint density at radius 1 is 1.12 bits per heavy atom. The van der Waals surface area contributed by atoms with E-state index in [0.717, 1.165) is 11.3 Å². The van der Waals surface area contributed by atoms with E-state index in [4.69, 9.17) is 4.74 Å². The summed E-state index contributed by atoms with van der Waals surface area (Å²) in [4.78, 5) is 23.4. The Bertz CT molecular complexity index is 458. The third-order valence-electron chi connectivity index (χ3n) is 2.85. The molecule has 17 heavy (non-hydrogen) atoms. The van der Waals surface area contributed by atoms with Crippen molar-refractivity contribution in [3.63, 3.8) is 0 Å². The number of benzene rings is 1. The quantitative estimate of drug-likeness (QED) is 0.772. The summed E-state index contributed by atoms with van der Waals surface area (Å²) >= 11 is 0. The number of carbonyl (C=O) groups excluding carboxylic acids is 2. The number of nitrogens with one attached hydrogen (secondary N) is 1. The van der Waals surface area contributed by atoms with Gasteiger partial charge in [-0.15, -0.1) is 0 Å². The first-order valence-corrected chi connectivity index (χ1v) is 5.20. The fourth-order valence-electron chi connectivity index (χ4n) is 2.04. The lowest BCUT2D eigenvalue weighted by Crippen LogP contribution is -2.35. The first-order chi connectivity index (χ1) is 8.19. The first kappa shape index (κ1) is 11.4. The third-order valence-corrected chi connectivity index (χ3v) is 2.85. The van der Waals surface area contributed by atoms with E-state index in [2.05, 4.69) is 10.1 Å². The number of methoxy groups -OCH3 is 2. The predicted octanol–water partition coefficient (Wildman–Crippen LogP) is 0.910. The molecule has 1 aliphatic rings. The number of anilines is 1. The summed E-state index contributed by atoms with van der Waals surface area (Å²) in [5, 5.41) is 2.98. The van der Waals surface area contributed by atoms with Crippen molar-refractivity contribution in [2.45, 2.75) is 12.0 Å². The Hall–Kier alpha value is -2.04. The summed E-state index contributed by atoms with van der Waals surface area (Å²) in [6.45, 7) is 0. The molecule has 1 N–H and O–H groups in total. The van der Waals surface area contributed by atoms with Gasteiger partial charge in [-0.2, -0.15) is 0 Å². The Morgan fingerprint density at radius 3 is 2.41 bits per heavy atom. The molecule has 0 amide bonds. The zero-order valence-corrected chi connectivity index (χ0v) is 9.60. The highest BCUT2D eigenvalue weighted by Crippen LogP contribution is 2.36. The van der Waals surface area contributed by atoms with E-state index in [9.17, 15) is 9.59 Å². The molecule has 1 aliphatic heterocycles. The van der Waals surface area contributed by atoms with Gasteiger partial charge in [-0.1, -0.05) is 18.2 Å². The van der Waals surface area contributed by atoms with Crippen LogP contribution in [-0.4, -0.2) is 32.2 Å². The normalized spacial score (nSPS) is 21.3. The van der Waals surface area contributed by atoms with E-state index < -0.39 is 23.9 Å². The minimum atomic E-state index is -0.718. The van der Waals surface area contributed by atoms with Crippen molar-refractivity contribution in [3.05, 3.63) is 29.8 Å². The van der Waals surface area contributed by atoms with E-state index in [1.807, 2.05) is 18.2 Å². The summed E-state index contributed by atoms with van der Waals surface area (Å²) in [6.07, 6.45) is 0. The molecule has 90 valence electrons. The molecular weight excluding hydrogens is 222 g/mol.